The zero-order chi connectivity index (χ0) is 20.6. The number of benzene rings is 2. The molecule has 2 aromatic rings. The topological polar surface area (TPSA) is 68.3 Å². The molecule has 1 heterocycles. The van der Waals surface area contributed by atoms with Crippen molar-refractivity contribution in [3.05, 3.63) is 54.1 Å². The molecular weight excluding hydrogens is 372 g/mol. The number of piperazine rings is 1. The first-order chi connectivity index (χ1) is 14.1. The van der Waals surface area contributed by atoms with Crippen LogP contribution in [0.2, 0.25) is 0 Å². The van der Waals surface area contributed by atoms with Crippen LogP contribution in [-0.2, 0) is 9.59 Å². The summed E-state index contributed by atoms with van der Waals surface area (Å²) in [6.07, 6.45) is 0. The van der Waals surface area contributed by atoms with Gasteiger partial charge in [-0.1, -0.05) is 30.3 Å². The van der Waals surface area contributed by atoms with Crippen molar-refractivity contribution >= 4 is 11.8 Å². The molecule has 0 atom stereocenters. The smallest absolute Gasteiger partial charge is 0.260 e. The predicted octanol–water partition coefficient (Wildman–Crippen LogP) is 2.13. The molecule has 0 spiro atoms. The number of carbonyl (C=O) groups excluding carboxylic acids is 2. The molecule has 1 saturated heterocycles. The van der Waals surface area contributed by atoms with Crippen LogP contribution in [-0.4, -0.2) is 68.1 Å². The van der Waals surface area contributed by atoms with E-state index in [-0.39, 0.29) is 25.0 Å². The zero-order valence-electron chi connectivity index (χ0n) is 16.8. The average Bonchev–Trinajstić information content (AvgIpc) is 2.77. The van der Waals surface area contributed by atoms with Crippen molar-refractivity contribution in [3.8, 4) is 17.2 Å². The highest BCUT2D eigenvalue weighted by Gasteiger charge is 2.24. The highest BCUT2D eigenvalue weighted by molar-refractivity contribution is 5.80. The fraction of sp³-hybridized carbons (Fsp3) is 0.364. The number of aryl methyl sites for hydroxylation is 1. The summed E-state index contributed by atoms with van der Waals surface area (Å²) in [6, 6.07) is 14.8. The average molecular weight is 398 g/mol. The lowest BCUT2D eigenvalue weighted by Crippen LogP contribution is -2.52. The van der Waals surface area contributed by atoms with Crippen molar-refractivity contribution in [1.82, 2.24) is 9.80 Å². The molecular formula is C22H26N2O5. The Morgan fingerprint density at radius 1 is 0.759 bits per heavy atom. The van der Waals surface area contributed by atoms with Crippen LogP contribution in [0.4, 0.5) is 0 Å². The second kappa shape index (κ2) is 9.82. The normalized spacial score (nSPS) is 13.7. The molecule has 0 unspecified atom stereocenters. The lowest BCUT2D eigenvalue weighted by molar-refractivity contribution is -0.141. The number of carbonyl (C=O) groups is 2. The summed E-state index contributed by atoms with van der Waals surface area (Å²) in [5, 5.41) is 0. The Kier molecular flexibility index (Phi) is 6.94. The molecule has 0 aromatic heterocycles. The van der Waals surface area contributed by atoms with Gasteiger partial charge in [0, 0.05) is 26.2 Å². The van der Waals surface area contributed by atoms with Crippen molar-refractivity contribution in [2.75, 3.05) is 46.5 Å². The van der Waals surface area contributed by atoms with E-state index >= 15 is 0 Å². The Labute approximate surface area is 170 Å². The summed E-state index contributed by atoms with van der Waals surface area (Å²) in [4.78, 5) is 28.3. The highest BCUT2D eigenvalue weighted by Crippen LogP contribution is 2.25. The summed E-state index contributed by atoms with van der Waals surface area (Å²) in [6.45, 7) is 3.79. The molecule has 0 radical (unpaired) electrons. The minimum atomic E-state index is -0.112. The van der Waals surface area contributed by atoms with Crippen LogP contribution < -0.4 is 14.2 Å². The first-order valence-corrected chi connectivity index (χ1v) is 9.58. The van der Waals surface area contributed by atoms with Crippen molar-refractivity contribution in [1.29, 1.82) is 0 Å². The van der Waals surface area contributed by atoms with Gasteiger partial charge in [-0.2, -0.15) is 0 Å². The zero-order valence-corrected chi connectivity index (χ0v) is 16.8. The Balaban J connectivity index is 1.43. The van der Waals surface area contributed by atoms with Gasteiger partial charge in [0.15, 0.2) is 24.7 Å². The number of amides is 2. The van der Waals surface area contributed by atoms with Crippen molar-refractivity contribution in [2.45, 2.75) is 6.92 Å². The number of para-hydroxylation sites is 3. The molecule has 1 aliphatic heterocycles. The molecule has 29 heavy (non-hydrogen) atoms. The molecule has 3 rings (SSSR count). The van der Waals surface area contributed by atoms with Gasteiger partial charge in [0.05, 0.1) is 7.11 Å². The molecule has 1 aliphatic rings. The third kappa shape index (κ3) is 5.40. The maximum Gasteiger partial charge on any atom is 0.260 e. The van der Waals surface area contributed by atoms with E-state index in [4.69, 9.17) is 14.2 Å². The molecule has 0 bridgehead atoms. The van der Waals surface area contributed by atoms with Crippen LogP contribution in [0, 0.1) is 6.92 Å². The van der Waals surface area contributed by atoms with Crippen LogP contribution in [0.15, 0.2) is 48.5 Å². The third-order valence-corrected chi connectivity index (χ3v) is 4.85. The van der Waals surface area contributed by atoms with Crippen LogP contribution in [0.25, 0.3) is 0 Å². The van der Waals surface area contributed by atoms with Crippen molar-refractivity contribution < 1.29 is 23.8 Å². The SMILES string of the molecule is COc1ccccc1OCC(=O)N1CCN(C(=O)COc2ccccc2C)CC1. The standard InChI is InChI=1S/C22H26N2O5/c1-17-7-3-4-8-18(17)28-15-21(25)23-11-13-24(14-12-23)22(26)16-29-20-10-6-5-9-19(20)27-2/h3-10H,11-16H2,1-2H3. The first-order valence-electron chi connectivity index (χ1n) is 9.58. The molecule has 7 heteroatoms. The van der Waals surface area contributed by atoms with Gasteiger partial charge in [0.1, 0.15) is 5.75 Å². The van der Waals surface area contributed by atoms with Gasteiger partial charge < -0.3 is 24.0 Å². The predicted molar refractivity (Wildman–Crippen MR) is 108 cm³/mol. The molecule has 2 amide bonds. The largest absolute Gasteiger partial charge is 0.493 e. The van der Waals surface area contributed by atoms with Crippen molar-refractivity contribution in [2.24, 2.45) is 0 Å². The lowest BCUT2D eigenvalue weighted by atomic mass is 10.2. The van der Waals surface area contributed by atoms with E-state index in [1.54, 1.807) is 29.0 Å². The first kappa shape index (κ1) is 20.5. The lowest BCUT2D eigenvalue weighted by Gasteiger charge is -2.34. The minimum absolute atomic E-state index is 0.00425. The number of hydrogen-bond acceptors (Lipinski definition) is 5. The Hall–Kier alpha value is -3.22. The Morgan fingerprint density at radius 2 is 1.21 bits per heavy atom. The van der Waals surface area contributed by atoms with Gasteiger partial charge in [-0.3, -0.25) is 9.59 Å². The third-order valence-electron chi connectivity index (χ3n) is 4.85. The minimum Gasteiger partial charge on any atom is -0.493 e. The summed E-state index contributed by atoms with van der Waals surface area (Å²) in [7, 11) is 1.56. The van der Waals surface area contributed by atoms with Crippen molar-refractivity contribution in [3.63, 3.8) is 0 Å². The van der Waals surface area contributed by atoms with E-state index in [2.05, 4.69) is 0 Å². The molecule has 2 aromatic carbocycles. The van der Waals surface area contributed by atoms with Crippen LogP contribution in [0.1, 0.15) is 5.56 Å². The summed E-state index contributed by atoms with van der Waals surface area (Å²) in [5.41, 5.74) is 0.991. The molecule has 154 valence electrons. The van der Waals surface area contributed by atoms with Gasteiger partial charge >= 0.3 is 0 Å². The van der Waals surface area contributed by atoms with E-state index in [1.165, 1.54) is 0 Å². The van der Waals surface area contributed by atoms with Gasteiger partial charge in [-0.05, 0) is 30.7 Å². The summed E-state index contributed by atoms with van der Waals surface area (Å²) < 4.78 is 16.5. The molecule has 7 nitrogen and oxygen atoms in total. The second-order valence-corrected chi connectivity index (χ2v) is 6.76. The molecule has 0 aliphatic carbocycles. The van der Waals surface area contributed by atoms with Gasteiger partial charge in [-0.15, -0.1) is 0 Å². The molecule has 1 fully saturated rings. The maximum atomic E-state index is 12.4. The number of hydrogen-bond donors (Lipinski definition) is 0. The monoisotopic (exact) mass is 398 g/mol. The van der Waals surface area contributed by atoms with Gasteiger partial charge in [0.25, 0.3) is 11.8 Å². The van der Waals surface area contributed by atoms with Gasteiger partial charge in [-0.25, -0.2) is 0 Å². The quantitative estimate of drug-likeness (QED) is 0.715. The van der Waals surface area contributed by atoms with Crippen LogP contribution in [0.5, 0.6) is 17.2 Å². The molecule has 0 saturated carbocycles. The fourth-order valence-electron chi connectivity index (χ4n) is 3.12. The Bertz CT molecular complexity index is 847. The highest BCUT2D eigenvalue weighted by atomic mass is 16.5. The molecule has 0 N–H and O–H groups in total. The summed E-state index contributed by atoms with van der Waals surface area (Å²) >= 11 is 0. The van der Waals surface area contributed by atoms with E-state index in [0.717, 1.165) is 5.56 Å². The Morgan fingerprint density at radius 3 is 1.72 bits per heavy atom. The van der Waals surface area contributed by atoms with E-state index < -0.39 is 0 Å². The summed E-state index contributed by atoms with van der Waals surface area (Å²) in [5.74, 6) is 1.64. The number of rotatable bonds is 7. The van der Waals surface area contributed by atoms with Crippen LogP contribution >= 0.6 is 0 Å². The maximum absolute atomic E-state index is 12.4. The van der Waals surface area contributed by atoms with Gasteiger partial charge in [0.2, 0.25) is 0 Å². The second-order valence-electron chi connectivity index (χ2n) is 6.76. The number of ether oxygens (including phenoxy) is 3. The van der Waals surface area contributed by atoms with E-state index in [9.17, 15) is 9.59 Å². The van der Waals surface area contributed by atoms with E-state index in [1.807, 2.05) is 43.3 Å². The number of nitrogens with zero attached hydrogens (tertiary/aromatic N) is 2. The van der Waals surface area contributed by atoms with E-state index in [0.29, 0.717) is 43.4 Å². The van der Waals surface area contributed by atoms with Crippen LogP contribution in [0.3, 0.4) is 0 Å². The number of methoxy groups -OCH3 is 1. The fourth-order valence-corrected chi connectivity index (χ4v) is 3.12.